The summed E-state index contributed by atoms with van der Waals surface area (Å²) in [5.41, 5.74) is 13.0. The quantitative estimate of drug-likeness (QED) is 0.178. The van der Waals surface area contributed by atoms with Crippen molar-refractivity contribution in [2.45, 2.75) is 19.3 Å². The van der Waals surface area contributed by atoms with Crippen LogP contribution in [0.25, 0.3) is 87.6 Å². The minimum atomic E-state index is -0.0840. The van der Waals surface area contributed by atoms with E-state index in [2.05, 4.69) is 172 Å². The summed E-state index contributed by atoms with van der Waals surface area (Å²) in [5, 5.41) is 10.6. The van der Waals surface area contributed by atoms with Gasteiger partial charge in [0.15, 0.2) is 0 Å². The van der Waals surface area contributed by atoms with Crippen LogP contribution >= 0.6 is 0 Å². The lowest BCUT2D eigenvalue weighted by atomic mass is 9.80. The maximum Gasteiger partial charge on any atom is 0.0159 e. The van der Waals surface area contributed by atoms with Crippen molar-refractivity contribution in [2.75, 3.05) is 0 Å². The summed E-state index contributed by atoms with van der Waals surface area (Å²) in [4.78, 5) is 0. The standard InChI is InChI=1S/C47H32/c1-47(2)42-26-21-30-11-6-7-14-38(30)46(42)40-25-20-35(28-43(40)47)37-23-19-34(27-41(37)29-9-4-3-5-10-29)36-22-17-33-16-15-31-12-8-13-32-18-24-39(36)45(33)44(31)32/h3-28H,1-2H3. The average Bonchev–Trinajstić information content (AvgIpc) is 3.36. The first-order valence-corrected chi connectivity index (χ1v) is 16.6. The molecule has 0 N–H and O–H groups in total. The summed E-state index contributed by atoms with van der Waals surface area (Å²) in [6.45, 7) is 4.76. The van der Waals surface area contributed by atoms with Crippen molar-refractivity contribution in [3.63, 3.8) is 0 Å². The van der Waals surface area contributed by atoms with E-state index < -0.39 is 0 Å². The Kier molecular flexibility index (Phi) is 5.44. The Morgan fingerprint density at radius 3 is 1.79 bits per heavy atom. The van der Waals surface area contributed by atoms with Crippen LogP contribution < -0.4 is 0 Å². The summed E-state index contributed by atoms with van der Waals surface area (Å²) >= 11 is 0. The molecule has 1 aliphatic rings. The van der Waals surface area contributed by atoms with Crippen molar-refractivity contribution in [2.24, 2.45) is 0 Å². The number of hydrogen-bond donors (Lipinski definition) is 0. The van der Waals surface area contributed by atoms with E-state index in [0.717, 1.165) is 0 Å². The molecular formula is C47H32. The van der Waals surface area contributed by atoms with E-state index in [1.807, 2.05) is 0 Å². The molecule has 0 fully saturated rings. The molecule has 0 atom stereocenters. The zero-order valence-corrected chi connectivity index (χ0v) is 26.5. The highest BCUT2D eigenvalue weighted by molar-refractivity contribution is 6.25. The summed E-state index contributed by atoms with van der Waals surface area (Å²) in [6, 6.07) is 58.9. The number of benzene rings is 9. The lowest BCUT2D eigenvalue weighted by Crippen LogP contribution is -2.15. The van der Waals surface area contributed by atoms with Gasteiger partial charge in [-0.1, -0.05) is 159 Å². The van der Waals surface area contributed by atoms with Gasteiger partial charge in [0.1, 0.15) is 0 Å². The van der Waals surface area contributed by atoms with E-state index in [1.165, 1.54) is 98.7 Å². The van der Waals surface area contributed by atoms with Crippen molar-refractivity contribution in [1.29, 1.82) is 0 Å². The minimum absolute atomic E-state index is 0.0840. The third kappa shape index (κ3) is 3.76. The Balaban J connectivity index is 1.18. The van der Waals surface area contributed by atoms with Gasteiger partial charge in [-0.3, -0.25) is 0 Å². The summed E-state index contributed by atoms with van der Waals surface area (Å²) in [7, 11) is 0. The molecule has 9 aromatic rings. The van der Waals surface area contributed by atoms with E-state index in [4.69, 9.17) is 0 Å². The first-order chi connectivity index (χ1) is 23.1. The van der Waals surface area contributed by atoms with E-state index in [0.29, 0.717) is 0 Å². The minimum Gasteiger partial charge on any atom is -0.0622 e. The molecule has 47 heavy (non-hydrogen) atoms. The van der Waals surface area contributed by atoms with Crippen LogP contribution in [-0.4, -0.2) is 0 Å². The molecule has 9 aromatic carbocycles. The Bertz CT molecular complexity index is 2670. The summed E-state index contributed by atoms with van der Waals surface area (Å²) < 4.78 is 0. The first-order valence-electron chi connectivity index (χ1n) is 16.6. The van der Waals surface area contributed by atoms with Gasteiger partial charge >= 0.3 is 0 Å². The van der Waals surface area contributed by atoms with Crippen molar-refractivity contribution in [3.8, 4) is 44.5 Å². The van der Waals surface area contributed by atoms with Gasteiger partial charge in [0.2, 0.25) is 0 Å². The fourth-order valence-corrected chi connectivity index (χ4v) is 8.48. The van der Waals surface area contributed by atoms with Gasteiger partial charge in [0, 0.05) is 5.41 Å². The van der Waals surface area contributed by atoms with Gasteiger partial charge < -0.3 is 0 Å². The number of rotatable bonds is 3. The monoisotopic (exact) mass is 596 g/mol. The van der Waals surface area contributed by atoms with Crippen molar-refractivity contribution >= 4 is 43.1 Å². The average molecular weight is 597 g/mol. The van der Waals surface area contributed by atoms with Gasteiger partial charge in [0.25, 0.3) is 0 Å². The SMILES string of the molecule is CC1(C)c2cc(-c3ccc(-c4ccc5ccc6cccc7ccc4c5c67)cc3-c3ccccc3)ccc2-c2c1ccc1ccccc21. The molecular weight excluding hydrogens is 565 g/mol. The van der Waals surface area contributed by atoms with E-state index in [1.54, 1.807) is 0 Å². The highest BCUT2D eigenvalue weighted by Gasteiger charge is 2.36. The van der Waals surface area contributed by atoms with Crippen molar-refractivity contribution < 1.29 is 0 Å². The molecule has 0 radical (unpaired) electrons. The van der Waals surface area contributed by atoms with Crippen LogP contribution in [0.1, 0.15) is 25.0 Å². The Labute approximate surface area is 274 Å². The third-order valence-corrected chi connectivity index (χ3v) is 10.8. The van der Waals surface area contributed by atoms with Crippen molar-refractivity contribution in [1.82, 2.24) is 0 Å². The Hall–Kier alpha value is -5.72. The van der Waals surface area contributed by atoms with Gasteiger partial charge in [0.05, 0.1) is 0 Å². The molecule has 0 aromatic heterocycles. The maximum absolute atomic E-state index is 2.46. The van der Waals surface area contributed by atoms with E-state index in [9.17, 15) is 0 Å². The van der Waals surface area contributed by atoms with Crippen LogP contribution in [0.3, 0.4) is 0 Å². The van der Waals surface area contributed by atoms with Gasteiger partial charge in [-0.15, -0.1) is 0 Å². The Morgan fingerprint density at radius 1 is 0.340 bits per heavy atom. The lowest BCUT2D eigenvalue weighted by Gasteiger charge is -2.22. The normalized spacial score (nSPS) is 13.5. The van der Waals surface area contributed by atoms with Crippen LogP contribution in [0.5, 0.6) is 0 Å². The fraction of sp³-hybridized carbons (Fsp3) is 0.0638. The molecule has 0 aliphatic heterocycles. The van der Waals surface area contributed by atoms with Crippen LogP contribution in [0, 0.1) is 0 Å². The molecule has 0 heterocycles. The zero-order valence-electron chi connectivity index (χ0n) is 26.5. The second-order valence-corrected chi connectivity index (χ2v) is 13.7. The topological polar surface area (TPSA) is 0 Å². The van der Waals surface area contributed by atoms with Crippen LogP contribution in [0.2, 0.25) is 0 Å². The largest absolute Gasteiger partial charge is 0.0622 e. The molecule has 0 saturated heterocycles. The zero-order chi connectivity index (χ0) is 31.3. The number of hydrogen-bond acceptors (Lipinski definition) is 0. The van der Waals surface area contributed by atoms with Gasteiger partial charge in [-0.05, 0) is 111 Å². The molecule has 1 aliphatic carbocycles. The summed E-state index contributed by atoms with van der Waals surface area (Å²) in [5.74, 6) is 0. The molecule has 0 nitrogen and oxygen atoms in total. The second-order valence-electron chi connectivity index (χ2n) is 13.7. The van der Waals surface area contributed by atoms with Gasteiger partial charge in [-0.25, -0.2) is 0 Å². The highest BCUT2D eigenvalue weighted by Crippen LogP contribution is 2.52. The molecule has 0 unspecified atom stereocenters. The predicted octanol–water partition coefficient (Wildman–Crippen LogP) is 13.0. The third-order valence-electron chi connectivity index (χ3n) is 10.8. The van der Waals surface area contributed by atoms with Crippen LogP contribution in [0.4, 0.5) is 0 Å². The second kappa shape index (κ2) is 9.64. The van der Waals surface area contributed by atoms with E-state index in [-0.39, 0.29) is 5.41 Å². The van der Waals surface area contributed by atoms with Gasteiger partial charge in [-0.2, -0.15) is 0 Å². The van der Waals surface area contributed by atoms with Crippen molar-refractivity contribution in [3.05, 3.63) is 169 Å². The van der Waals surface area contributed by atoms with E-state index >= 15 is 0 Å². The smallest absolute Gasteiger partial charge is 0.0159 e. The predicted molar refractivity (Wildman–Crippen MR) is 202 cm³/mol. The molecule has 0 heteroatoms. The number of fused-ring (bicyclic) bond motifs is 5. The first kappa shape index (κ1) is 26.5. The van der Waals surface area contributed by atoms with Crippen LogP contribution in [0.15, 0.2) is 158 Å². The highest BCUT2D eigenvalue weighted by atomic mass is 14.4. The van der Waals surface area contributed by atoms with Crippen LogP contribution in [-0.2, 0) is 5.41 Å². The fourth-order valence-electron chi connectivity index (χ4n) is 8.48. The maximum atomic E-state index is 2.46. The molecule has 220 valence electrons. The Morgan fingerprint density at radius 2 is 0.957 bits per heavy atom. The molecule has 0 spiro atoms. The molecule has 0 amide bonds. The molecule has 0 saturated carbocycles. The molecule has 10 rings (SSSR count). The molecule has 0 bridgehead atoms. The lowest BCUT2D eigenvalue weighted by molar-refractivity contribution is 0.661. The summed E-state index contributed by atoms with van der Waals surface area (Å²) in [6.07, 6.45) is 0.